The third kappa shape index (κ3) is 1.21. The summed E-state index contributed by atoms with van der Waals surface area (Å²) < 4.78 is 10.1. The van der Waals surface area contributed by atoms with E-state index in [1.807, 2.05) is 0 Å². The minimum absolute atomic E-state index is 0.132. The first-order chi connectivity index (χ1) is 8.15. The minimum Gasteiger partial charge on any atom is -0.449 e. The van der Waals surface area contributed by atoms with Crippen LogP contribution in [0.15, 0.2) is 12.2 Å². The third-order valence-electron chi connectivity index (χ3n) is 3.36. The van der Waals surface area contributed by atoms with Crippen molar-refractivity contribution in [1.29, 1.82) is 0 Å². The van der Waals surface area contributed by atoms with Gasteiger partial charge in [0.1, 0.15) is 0 Å². The van der Waals surface area contributed by atoms with E-state index >= 15 is 0 Å². The van der Waals surface area contributed by atoms with Crippen LogP contribution in [0.4, 0.5) is 4.79 Å². The van der Waals surface area contributed by atoms with E-state index in [9.17, 15) is 14.4 Å². The summed E-state index contributed by atoms with van der Waals surface area (Å²) in [6, 6.07) is 0. The van der Waals surface area contributed by atoms with Crippen molar-refractivity contribution < 1.29 is 23.9 Å². The zero-order valence-electron chi connectivity index (χ0n) is 9.16. The van der Waals surface area contributed by atoms with Gasteiger partial charge in [-0.1, -0.05) is 12.2 Å². The van der Waals surface area contributed by atoms with Gasteiger partial charge >= 0.3 is 6.09 Å². The molecule has 17 heavy (non-hydrogen) atoms. The second-order valence-corrected chi connectivity index (χ2v) is 4.21. The van der Waals surface area contributed by atoms with Gasteiger partial charge in [0.05, 0.1) is 30.7 Å². The number of carbonyl (C=O) groups is 3. The maximum atomic E-state index is 12.0. The molecule has 3 aliphatic rings. The van der Waals surface area contributed by atoms with Crippen LogP contribution in [-0.4, -0.2) is 41.6 Å². The Labute approximate surface area is 97.2 Å². The topological polar surface area (TPSA) is 72.9 Å². The fourth-order valence-corrected chi connectivity index (χ4v) is 2.67. The first-order valence-corrected chi connectivity index (χ1v) is 5.53. The van der Waals surface area contributed by atoms with E-state index < -0.39 is 29.7 Å². The molecule has 0 radical (unpaired) electrons. The van der Waals surface area contributed by atoms with Crippen LogP contribution < -0.4 is 0 Å². The van der Waals surface area contributed by atoms with Crippen LogP contribution in [0.1, 0.15) is 6.92 Å². The maximum Gasteiger partial charge on any atom is 0.423 e. The summed E-state index contributed by atoms with van der Waals surface area (Å²) in [4.78, 5) is 36.1. The fourth-order valence-electron chi connectivity index (χ4n) is 2.67. The average molecular weight is 237 g/mol. The largest absolute Gasteiger partial charge is 0.449 e. The summed E-state index contributed by atoms with van der Waals surface area (Å²) in [7, 11) is 0. The van der Waals surface area contributed by atoms with Crippen LogP contribution in [0.25, 0.3) is 0 Å². The van der Waals surface area contributed by atoms with Gasteiger partial charge in [-0.25, -0.2) is 4.79 Å². The van der Waals surface area contributed by atoms with Gasteiger partial charge in [0.15, 0.2) is 0 Å². The normalized spacial score (nSPS) is 37.8. The number of nitrogens with zero attached hydrogens (tertiary/aromatic N) is 1. The molecule has 4 atom stereocenters. The zero-order valence-corrected chi connectivity index (χ0v) is 9.16. The fraction of sp³-hybridized carbons (Fsp3) is 0.545. The zero-order chi connectivity index (χ0) is 12.2. The molecule has 2 bridgehead atoms. The van der Waals surface area contributed by atoms with Crippen molar-refractivity contribution in [2.75, 3.05) is 6.61 Å². The summed E-state index contributed by atoms with van der Waals surface area (Å²) in [6.07, 6.45) is 1.91. The second-order valence-electron chi connectivity index (χ2n) is 4.21. The van der Waals surface area contributed by atoms with Crippen LogP contribution >= 0.6 is 0 Å². The number of hydrogen-bond acceptors (Lipinski definition) is 5. The van der Waals surface area contributed by atoms with Crippen LogP contribution in [0.2, 0.25) is 0 Å². The highest BCUT2D eigenvalue weighted by Gasteiger charge is 2.62. The Hall–Kier alpha value is -1.69. The molecule has 6 nitrogen and oxygen atoms in total. The highest BCUT2D eigenvalue weighted by Crippen LogP contribution is 2.45. The SMILES string of the molecule is CCOC(=O)N1C(=O)C2C3C=CC(O3)C2C1=O. The molecule has 0 N–H and O–H groups in total. The molecule has 0 aromatic rings. The molecule has 0 saturated carbocycles. The van der Waals surface area contributed by atoms with Gasteiger partial charge in [-0.05, 0) is 6.92 Å². The van der Waals surface area contributed by atoms with E-state index in [2.05, 4.69) is 0 Å². The van der Waals surface area contributed by atoms with E-state index in [1.165, 1.54) is 0 Å². The Morgan fingerprint density at radius 1 is 1.29 bits per heavy atom. The number of ether oxygens (including phenoxy) is 2. The summed E-state index contributed by atoms with van der Waals surface area (Å²) in [5.74, 6) is -2.12. The van der Waals surface area contributed by atoms with Crippen LogP contribution in [0, 0.1) is 11.8 Å². The minimum atomic E-state index is -0.878. The lowest BCUT2D eigenvalue weighted by Crippen LogP contribution is -2.39. The average Bonchev–Trinajstić information content (AvgIpc) is 2.93. The van der Waals surface area contributed by atoms with E-state index in [4.69, 9.17) is 9.47 Å². The number of imide groups is 3. The van der Waals surface area contributed by atoms with Crippen LogP contribution in [-0.2, 0) is 19.1 Å². The first-order valence-electron chi connectivity index (χ1n) is 5.53. The Morgan fingerprint density at radius 3 is 2.29 bits per heavy atom. The van der Waals surface area contributed by atoms with Gasteiger partial charge in [-0.3, -0.25) is 9.59 Å². The number of rotatable bonds is 1. The quantitative estimate of drug-likeness (QED) is 0.477. The summed E-state index contributed by atoms with van der Waals surface area (Å²) in [6.45, 7) is 1.75. The summed E-state index contributed by atoms with van der Waals surface area (Å²) in [5.41, 5.74) is 0. The molecule has 4 unspecified atom stereocenters. The van der Waals surface area contributed by atoms with Gasteiger partial charge in [0.25, 0.3) is 0 Å². The van der Waals surface area contributed by atoms with Crippen molar-refractivity contribution in [1.82, 2.24) is 4.90 Å². The van der Waals surface area contributed by atoms with Crippen LogP contribution in [0.3, 0.4) is 0 Å². The molecule has 0 aromatic heterocycles. The second kappa shape index (κ2) is 3.40. The number of fused-ring (bicyclic) bond motifs is 5. The number of amides is 3. The molecule has 3 heterocycles. The lowest BCUT2D eigenvalue weighted by atomic mass is 9.85. The molecule has 3 amide bonds. The van der Waals surface area contributed by atoms with Gasteiger partial charge in [-0.15, -0.1) is 0 Å². The van der Waals surface area contributed by atoms with E-state index in [0.29, 0.717) is 4.90 Å². The summed E-state index contributed by atoms with van der Waals surface area (Å²) >= 11 is 0. The molecule has 2 saturated heterocycles. The highest BCUT2D eigenvalue weighted by atomic mass is 16.6. The third-order valence-corrected chi connectivity index (χ3v) is 3.36. The Kier molecular flexibility index (Phi) is 2.09. The first kappa shape index (κ1) is 10.5. The number of likely N-dealkylation sites (tertiary alicyclic amines) is 1. The number of hydrogen-bond donors (Lipinski definition) is 0. The molecular formula is C11H11NO5. The smallest absolute Gasteiger partial charge is 0.423 e. The van der Waals surface area contributed by atoms with E-state index in [0.717, 1.165) is 0 Å². The Bertz CT molecular complexity index is 413. The highest BCUT2D eigenvalue weighted by molar-refractivity contribution is 6.16. The van der Waals surface area contributed by atoms with Gasteiger partial charge in [0, 0.05) is 0 Å². The maximum absolute atomic E-state index is 12.0. The molecule has 0 aromatic carbocycles. The molecule has 6 heteroatoms. The Balaban J connectivity index is 1.90. The van der Waals surface area contributed by atoms with Crippen molar-refractivity contribution in [3.05, 3.63) is 12.2 Å². The molecule has 3 aliphatic heterocycles. The standard InChI is InChI=1S/C11H11NO5/c1-2-16-11(15)12-9(13)7-5-3-4-6(17-5)8(7)10(12)14/h3-8H,2H2,1H3. The summed E-state index contributed by atoms with van der Waals surface area (Å²) in [5, 5.41) is 0. The Morgan fingerprint density at radius 2 is 1.82 bits per heavy atom. The van der Waals surface area contributed by atoms with Crippen molar-refractivity contribution >= 4 is 17.9 Å². The van der Waals surface area contributed by atoms with Crippen molar-refractivity contribution in [3.8, 4) is 0 Å². The van der Waals surface area contributed by atoms with Crippen molar-refractivity contribution in [2.45, 2.75) is 19.1 Å². The van der Waals surface area contributed by atoms with Gasteiger partial charge < -0.3 is 9.47 Å². The molecular weight excluding hydrogens is 226 g/mol. The van der Waals surface area contributed by atoms with Crippen molar-refractivity contribution in [2.24, 2.45) is 11.8 Å². The molecule has 3 rings (SSSR count). The molecule has 2 fully saturated rings. The monoisotopic (exact) mass is 237 g/mol. The van der Waals surface area contributed by atoms with Crippen molar-refractivity contribution in [3.63, 3.8) is 0 Å². The molecule has 0 spiro atoms. The predicted octanol–water partition coefficient (Wildman–Crippen LogP) is 0.0813. The van der Waals surface area contributed by atoms with E-state index in [1.54, 1.807) is 19.1 Å². The lowest BCUT2D eigenvalue weighted by molar-refractivity contribution is -0.139. The van der Waals surface area contributed by atoms with E-state index in [-0.39, 0.29) is 18.8 Å². The van der Waals surface area contributed by atoms with Crippen LogP contribution in [0.5, 0.6) is 0 Å². The van der Waals surface area contributed by atoms with Gasteiger partial charge in [-0.2, -0.15) is 4.90 Å². The molecule has 90 valence electrons. The number of carbonyl (C=O) groups excluding carboxylic acids is 3. The molecule has 0 aliphatic carbocycles. The van der Waals surface area contributed by atoms with Gasteiger partial charge in [0.2, 0.25) is 11.8 Å². The lowest BCUT2D eigenvalue weighted by Gasteiger charge is -2.14. The predicted molar refractivity (Wildman–Crippen MR) is 53.7 cm³/mol.